The van der Waals surface area contributed by atoms with Crippen molar-refractivity contribution in [3.63, 3.8) is 0 Å². The van der Waals surface area contributed by atoms with Crippen molar-refractivity contribution in [2.45, 2.75) is 0 Å². The lowest BCUT2D eigenvalue weighted by Crippen LogP contribution is -2.06. The Morgan fingerprint density at radius 2 is 2.22 bits per heavy atom. The fourth-order valence-corrected chi connectivity index (χ4v) is 1.67. The molecule has 0 atom stereocenters. The number of hydrogen-bond donors (Lipinski definition) is 2. The van der Waals surface area contributed by atoms with E-state index in [1.807, 2.05) is 0 Å². The molecule has 0 saturated heterocycles. The maximum Gasteiger partial charge on any atom is 0.248 e. The molecule has 1 heterocycles. The van der Waals surface area contributed by atoms with Crippen LogP contribution in [0.3, 0.4) is 0 Å². The fraction of sp³-hybridized carbons (Fsp3) is 0. The first-order chi connectivity index (χ1) is 8.65. The summed E-state index contributed by atoms with van der Waals surface area (Å²) < 4.78 is 0. The first-order valence-electron chi connectivity index (χ1n) is 5.08. The SMILES string of the molecule is O=C(/C=C/c1cc(Cl)ccc1Cl)Nc1cn[nH]c1. The predicted octanol–water partition coefficient (Wildman–Crippen LogP) is 3.37. The lowest BCUT2D eigenvalue weighted by Gasteiger charge is -1.99. The minimum Gasteiger partial charge on any atom is -0.320 e. The Morgan fingerprint density at radius 1 is 1.39 bits per heavy atom. The number of aromatic nitrogens is 2. The van der Waals surface area contributed by atoms with Gasteiger partial charge >= 0.3 is 0 Å². The molecule has 0 radical (unpaired) electrons. The number of H-pyrrole nitrogens is 1. The monoisotopic (exact) mass is 281 g/mol. The molecule has 1 aromatic carbocycles. The topological polar surface area (TPSA) is 57.8 Å². The van der Waals surface area contributed by atoms with Gasteiger partial charge in [0.2, 0.25) is 5.91 Å². The Bertz CT molecular complexity index is 579. The van der Waals surface area contributed by atoms with Crippen molar-refractivity contribution in [2.24, 2.45) is 0 Å². The van der Waals surface area contributed by atoms with Gasteiger partial charge in [0.25, 0.3) is 0 Å². The van der Waals surface area contributed by atoms with Crippen LogP contribution in [0.5, 0.6) is 0 Å². The van der Waals surface area contributed by atoms with Gasteiger partial charge in [0.15, 0.2) is 0 Å². The summed E-state index contributed by atoms with van der Waals surface area (Å²) in [6.45, 7) is 0. The first-order valence-corrected chi connectivity index (χ1v) is 5.83. The first kappa shape index (κ1) is 12.7. The van der Waals surface area contributed by atoms with Crippen LogP contribution in [-0.4, -0.2) is 16.1 Å². The van der Waals surface area contributed by atoms with Crippen molar-refractivity contribution in [3.8, 4) is 0 Å². The highest BCUT2D eigenvalue weighted by molar-refractivity contribution is 6.34. The Hall–Kier alpha value is -1.78. The van der Waals surface area contributed by atoms with Crippen LogP contribution in [0.2, 0.25) is 10.0 Å². The van der Waals surface area contributed by atoms with Crippen LogP contribution in [0, 0.1) is 0 Å². The molecule has 92 valence electrons. The van der Waals surface area contributed by atoms with Crippen molar-refractivity contribution in [2.75, 3.05) is 5.32 Å². The highest BCUT2D eigenvalue weighted by atomic mass is 35.5. The number of nitrogens with one attached hydrogen (secondary N) is 2. The third-order valence-corrected chi connectivity index (χ3v) is 2.72. The van der Waals surface area contributed by atoms with Crippen LogP contribution in [-0.2, 0) is 4.79 Å². The minimum atomic E-state index is -0.271. The molecule has 0 unspecified atom stereocenters. The van der Waals surface area contributed by atoms with E-state index in [1.54, 1.807) is 30.5 Å². The molecule has 0 saturated carbocycles. The van der Waals surface area contributed by atoms with Crippen molar-refractivity contribution in [3.05, 3.63) is 52.3 Å². The van der Waals surface area contributed by atoms with Gasteiger partial charge in [0.1, 0.15) is 0 Å². The average molecular weight is 282 g/mol. The van der Waals surface area contributed by atoms with Gasteiger partial charge in [-0.3, -0.25) is 9.89 Å². The number of aromatic amines is 1. The van der Waals surface area contributed by atoms with Crippen LogP contribution in [0.4, 0.5) is 5.69 Å². The second-order valence-electron chi connectivity index (χ2n) is 3.48. The maximum atomic E-state index is 11.6. The minimum absolute atomic E-state index is 0.271. The van der Waals surface area contributed by atoms with Gasteiger partial charge in [0, 0.05) is 22.3 Å². The third-order valence-electron chi connectivity index (χ3n) is 2.14. The second kappa shape index (κ2) is 5.71. The van der Waals surface area contributed by atoms with Gasteiger partial charge in [-0.2, -0.15) is 5.10 Å². The smallest absolute Gasteiger partial charge is 0.248 e. The summed E-state index contributed by atoms with van der Waals surface area (Å²) in [6.07, 6.45) is 6.07. The van der Waals surface area contributed by atoms with Gasteiger partial charge in [-0.1, -0.05) is 23.2 Å². The number of benzene rings is 1. The van der Waals surface area contributed by atoms with E-state index in [2.05, 4.69) is 15.5 Å². The predicted molar refractivity (Wildman–Crippen MR) is 72.7 cm³/mol. The zero-order valence-electron chi connectivity index (χ0n) is 9.15. The molecular weight excluding hydrogens is 273 g/mol. The van der Waals surface area contributed by atoms with Crippen LogP contribution >= 0.6 is 23.2 Å². The maximum absolute atomic E-state index is 11.6. The summed E-state index contributed by atoms with van der Waals surface area (Å²) >= 11 is 11.8. The highest BCUT2D eigenvalue weighted by Crippen LogP contribution is 2.21. The normalized spacial score (nSPS) is 10.8. The number of carbonyl (C=O) groups is 1. The molecule has 0 fully saturated rings. The van der Waals surface area contributed by atoms with E-state index in [1.165, 1.54) is 12.3 Å². The Balaban J connectivity index is 2.06. The fourth-order valence-electron chi connectivity index (χ4n) is 1.31. The number of carbonyl (C=O) groups excluding carboxylic acids is 1. The van der Waals surface area contributed by atoms with E-state index >= 15 is 0 Å². The number of halogens is 2. The van der Waals surface area contributed by atoms with E-state index in [0.29, 0.717) is 21.3 Å². The van der Waals surface area contributed by atoms with Gasteiger partial charge in [0.05, 0.1) is 11.9 Å². The molecule has 6 heteroatoms. The van der Waals surface area contributed by atoms with Crippen molar-refractivity contribution < 1.29 is 4.79 Å². The van der Waals surface area contributed by atoms with Crippen molar-refractivity contribution in [1.82, 2.24) is 10.2 Å². The van der Waals surface area contributed by atoms with Crippen molar-refractivity contribution >= 4 is 40.9 Å². The van der Waals surface area contributed by atoms with E-state index in [4.69, 9.17) is 23.2 Å². The van der Waals surface area contributed by atoms with Gasteiger partial charge in [-0.15, -0.1) is 0 Å². The van der Waals surface area contributed by atoms with Crippen LogP contribution in [0.1, 0.15) is 5.56 Å². The summed E-state index contributed by atoms with van der Waals surface area (Å²) in [5, 5.41) is 10.0. The van der Waals surface area contributed by atoms with E-state index in [-0.39, 0.29) is 5.91 Å². The number of anilines is 1. The molecule has 4 nitrogen and oxygen atoms in total. The molecular formula is C12H9Cl2N3O. The van der Waals surface area contributed by atoms with E-state index in [0.717, 1.165) is 0 Å². The molecule has 2 N–H and O–H groups in total. The summed E-state index contributed by atoms with van der Waals surface area (Å²) in [7, 11) is 0. The zero-order valence-corrected chi connectivity index (χ0v) is 10.7. The largest absolute Gasteiger partial charge is 0.320 e. The second-order valence-corrected chi connectivity index (χ2v) is 4.32. The lowest BCUT2D eigenvalue weighted by atomic mass is 10.2. The Morgan fingerprint density at radius 3 is 2.94 bits per heavy atom. The standard InChI is InChI=1S/C12H9Cl2N3O/c13-9-2-3-11(14)8(5-9)1-4-12(18)17-10-6-15-16-7-10/h1-7H,(H,15,16)(H,17,18)/b4-1+. The van der Waals surface area contributed by atoms with Crippen LogP contribution < -0.4 is 5.32 Å². The zero-order chi connectivity index (χ0) is 13.0. The van der Waals surface area contributed by atoms with Crippen molar-refractivity contribution in [1.29, 1.82) is 0 Å². The summed E-state index contributed by atoms with van der Waals surface area (Å²) in [6, 6.07) is 5.05. The average Bonchev–Trinajstić information content (AvgIpc) is 2.83. The molecule has 0 aliphatic carbocycles. The number of hydrogen-bond acceptors (Lipinski definition) is 2. The summed E-state index contributed by atoms with van der Waals surface area (Å²) in [5.74, 6) is -0.271. The number of nitrogens with zero attached hydrogens (tertiary/aromatic N) is 1. The molecule has 0 bridgehead atoms. The summed E-state index contributed by atoms with van der Waals surface area (Å²) in [4.78, 5) is 11.6. The van der Waals surface area contributed by atoms with Gasteiger partial charge in [-0.05, 0) is 29.8 Å². The molecule has 2 aromatic rings. The molecule has 1 aromatic heterocycles. The molecule has 0 aliphatic heterocycles. The molecule has 0 spiro atoms. The molecule has 1 amide bonds. The highest BCUT2D eigenvalue weighted by Gasteiger charge is 2.00. The third kappa shape index (κ3) is 3.35. The van der Waals surface area contributed by atoms with Crippen LogP contribution in [0.25, 0.3) is 6.08 Å². The molecule has 2 rings (SSSR count). The number of rotatable bonds is 3. The number of amides is 1. The van der Waals surface area contributed by atoms with E-state index in [9.17, 15) is 4.79 Å². The van der Waals surface area contributed by atoms with Gasteiger partial charge in [-0.25, -0.2) is 0 Å². The lowest BCUT2D eigenvalue weighted by molar-refractivity contribution is -0.111. The quantitative estimate of drug-likeness (QED) is 0.848. The Labute approximate surface area is 114 Å². The van der Waals surface area contributed by atoms with Gasteiger partial charge < -0.3 is 5.32 Å². The Kier molecular flexibility index (Phi) is 4.02. The molecule has 0 aliphatic rings. The van der Waals surface area contributed by atoms with Crippen LogP contribution in [0.15, 0.2) is 36.7 Å². The van der Waals surface area contributed by atoms with E-state index < -0.39 is 0 Å². The molecule has 18 heavy (non-hydrogen) atoms. The summed E-state index contributed by atoms with van der Waals surface area (Å²) in [5.41, 5.74) is 1.29.